The van der Waals surface area contributed by atoms with Crippen molar-refractivity contribution in [3.63, 3.8) is 0 Å². The fourth-order valence-electron chi connectivity index (χ4n) is 1.82. The van der Waals surface area contributed by atoms with Gasteiger partial charge >= 0.3 is 0 Å². The van der Waals surface area contributed by atoms with Crippen molar-refractivity contribution >= 4 is 5.91 Å². The second-order valence-corrected chi connectivity index (χ2v) is 4.57. The Kier molecular flexibility index (Phi) is 7.39. The van der Waals surface area contributed by atoms with Crippen LogP contribution in [0.2, 0.25) is 0 Å². The summed E-state index contributed by atoms with van der Waals surface area (Å²) < 4.78 is 0. The van der Waals surface area contributed by atoms with Crippen LogP contribution in [0.15, 0.2) is 0 Å². The molecule has 0 fully saturated rings. The second-order valence-electron chi connectivity index (χ2n) is 4.57. The molecule has 0 aromatic rings. The molecule has 0 heterocycles. The molecule has 0 aliphatic rings. The highest BCUT2D eigenvalue weighted by molar-refractivity contribution is 5.78. The van der Waals surface area contributed by atoms with Gasteiger partial charge in [0.05, 0.1) is 6.54 Å². The topological polar surface area (TPSA) is 41.1 Å². The molecule has 0 bridgehead atoms. The first kappa shape index (κ1) is 15.4. The van der Waals surface area contributed by atoms with Gasteiger partial charge in [-0.25, -0.2) is 0 Å². The van der Waals surface area contributed by atoms with E-state index >= 15 is 0 Å². The van der Waals surface area contributed by atoms with Gasteiger partial charge in [0, 0.05) is 11.6 Å². The monoisotopic (exact) mass is 228 g/mol. The van der Waals surface area contributed by atoms with Crippen LogP contribution in [-0.4, -0.2) is 24.0 Å². The largest absolute Gasteiger partial charge is 0.353 e. The minimum Gasteiger partial charge on any atom is -0.353 e. The molecule has 0 aliphatic carbocycles. The number of hydrogen-bond donors (Lipinski definition) is 2. The van der Waals surface area contributed by atoms with Crippen molar-refractivity contribution in [2.75, 3.05) is 6.54 Å². The van der Waals surface area contributed by atoms with Gasteiger partial charge in [0.1, 0.15) is 0 Å². The summed E-state index contributed by atoms with van der Waals surface area (Å²) >= 11 is 0. The first-order valence-electron chi connectivity index (χ1n) is 6.57. The predicted octanol–water partition coefficient (Wildman–Crippen LogP) is 2.46. The van der Waals surface area contributed by atoms with E-state index in [0.29, 0.717) is 6.54 Å². The SMILES string of the molecule is CCC(C)NC(=O)CNC(CC)(CC)CC. The van der Waals surface area contributed by atoms with Crippen molar-refractivity contribution in [1.82, 2.24) is 10.6 Å². The van der Waals surface area contributed by atoms with E-state index < -0.39 is 0 Å². The predicted molar refractivity (Wildman–Crippen MR) is 69.5 cm³/mol. The molecule has 0 aromatic heterocycles. The molecule has 0 rings (SSSR count). The average Bonchev–Trinajstić information content (AvgIpc) is 2.31. The van der Waals surface area contributed by atoms with Crippen LogP contribution in [-0.2, 0) is 4.79 Å². The molecule has 0 radical (unpaired) electrons. The third kappa shape index (κ3) is 4.97. The summed E-state index contributed by atoms with van der Waals surface area (Å²) in [4.78, 5) is 11.6. The van der Waals surface area contributed by atoms with Gasteiger partial charge in [-0.05, 0) is 32.6 Å². The number of hydrogen-bond acceptors (Lipinski definition) is 2. The van der Waals surface area contributed by atoms with Crippen LogP contribution in [0.5, 0.6) is 0 Å². The molecule has 0 spiro atoms. The Morgan fingerprint density at radius 1 is 1.12 bits per heavy atom. The smallest absolute Gasteiger partial charge is 0.234 e. The molecule has 2 N–H and O–H groups in total. The van der Waals surface area contributed by atoms with Crippen LogP contribution in [0.25, 0.3) is 0 Å². The Balaban J connectivity index is 4.06. The third-order valence-electron chi connectivity index (χ3n) is 3.67. The van der Waals surface area contributed by atoms with Gasteiger partial charge in [-0.1, -0.05) is 27.7 Å². The molecular weight excluding hydrogens is 200 g/mol. The molecule has 3 heteroatoms. The Labute approximate surface area is 100 Å². The number of carbonyl (C=O) groups excluding carboxylic acids is 1. The van der Waals surface area contributed by atoms with E-state index in [4.69, 9.17) is 0 Å². The molecule has 0 saturated carbocycles. The van der Waals surface area contributed by atoms with Gasteiger partial charge in [-0.15, -0.1) is 0 Å². The van der Waals surface area contributed by atoms with Crippen LogP contribution < -0.4 is 10.6 Å². The summed E-state index contributed by atoms with van der Waals surface area (Å²) in [6.07, 6.45) is 4.18. The minimum atomic E-state index is 0.106. The first-order valence-corrected chi connectivity index (χ1v) is 6.57. The van der Waals surface area contributed by atoms with Crippen LogP contribution in [0.3, 0.4) is 0 Å². The summed E-state index contributed by atoms with van der Waals surface area (Å²) in [6.45, 7) is 11.1. The standard InChI is InChI=1S/C13H28N2O/c1-6-11(5)15-12(16)10-14-13(7-2,8-3)9-4/h11,14H,6-10H2,1-5H3,(H,15,16). The highest BCUT2D eigenvalue weighted by Crippen LogP contribution is 2.18. The van der Waals surface area contributed by atoms with E-state index in [2.05, 4.69) is 38.3 Å². The Bertz CT molecular complexity index is 192. The lowest BCUT2D eigenvalue weighted by Gasteiger charge is -2.31. The maximum atomic E-state index is 11.6. The van der Waals surface area contributed by atoms with Crippen molar-refractivity contribution in [3.05, 3.63) is 0 Å². The summed E-state index contributed by atoms with van der Waals surface area (Å²) in [5, 5.41) is 6.37. The normalized spacial score (nSPS) is 13.6. The average molecular weight is 228 g/mol. The number of rotatable bonds is 8. The zero-order valence-electron chi connectivity index (χ0n) is 11.5. The summed E-state index contributed by atoms with van der Waals surface area (Å²) in [7, 11) is 0. The maximum absolute atomic E-state index is 11.6. The van der Waals surface area contributed by atoms with Crippen molar-refractivity contribution in [2.24, 2.45) is 0 Å². The van der Waals surface area contributed by atoms with E-state index in [1.807, 2.05) is 6.92 Å². The lowest BCUT2D eigenvalue weighted by Crippen LogP contribution is -2.49. The summed E-state index contributed by atoms with van der Waals surface area (Å²) in [6, 6.07) is 0.272. The first-order chi connectivity index (χ1) is 7.53. The van der Waals surface area contributed by atoms with Crippen molar-refractivity contribution in [1.29, 1.82) is 0 Å². The van der Waals surface area contributed by atoms with Gasteiger partial charge in [0.15, 0.2) is 0 Å². The van der Waals surface area contributed by atoms with Crippen molar-refractivity contribution < 1.29 is 4.79 Å². The van der Waals surface area contributed by atoms with Crippen LogP contribution >= 0.6 is 0 Å². The molecule has 0 aromatic carbocycles. The van der Waals surface area contributed by atoms with Gasteiger partial charge in [-0.3, -0.25) is 4.79 Å². The van der Waals surface area contributed by atoms with Gasteiger partial charge in [0.2, 0.25) is 5.91 Å². The third-order valence-corrected chi connectivity index (χ3v) is 3.67. The number of carbonyl (C=O) groups is 1. The van der Waals surface area contributed by atoms with E-state index in [-0.39, 0.29) is 17.5 Å². The van der Waals surface area contributed by atoms with Gasteiger partial charge in [-0.2, -0.15) is 0 Å². The zero-order chi connectivity index (χ0) is 12.6. The van der Waals surface area contributed by atoms with E-state index in [0.717, 1.165) is 25.7 Å². The lowest BCUT2D eigenvalue weighted by atomic mass is 9.90. The Morgan fingerprint density at radius 3 is 2.00 bits per heavy atom. The van der Waals surface area contributed by atoms with Crippen LogP contribution in [0.1, 0.15) is 60.3 Å². The molecule has 1 unspecified atom stereocenters. The zero-order valence-corrected chi connectivity index (χ0v) is 11.5. The molecule has 0 saturated heterocycles. The van der Waals surface area contributed by atoms with Gasteiger partial charge in [0.25, 0.3) is 0 Å². The molecule has 3 nitrogen and oxygen atoms in total. The summed E-state index contributed by atoms with van der Waals surface area (Å²) in [5.41, 5.74) is 0.132. The van der Waals surface area contributed by atoms with Gasteiger partial charge < -0.3 is 10.6 Å². The fourth-order valence-corrected chi connectivity index (χ4v) is 1.82. The highest BCUT2D eigenvalue weighted by atomic mass is 16.1. The number of amides is 1. The molecule has 1 amide bonds. The maximum Gasteiger partial charge on any atom is 0.234 e. The molecule has 1 atom stereocenters. The van der Waals surface area contributed by atoms with E-state index in [1.165, 1.54) is 0 Å². The molecule has 96 valence electrons. The van der Waals surface area contributed by atoms with Crippen LogP contribution in [0.4, 0.5) is 0 Å². The van der Waals surface area contributed by atoms with Crippen LogP contribution in [0, 0.1) is 0 Å². The van der Waals surface area contributed by atoms with E-state index in [9.17, 15) is 4.79 Å². The fraction of sp³-hybridized carbons (Fsp3) is 0.923. The van der Waals surface area contributed by atoms with Crippen molar-refractivity contribution in [3.8, 4) is 0 Å². The minimum absolute atomic E-state index is 0.106. The number of nitrogens with one attached hydrogen (secondary N) is 2. The quantitative estimate of drug-likeness (QED) is 0.670. The Hall–Kier alpha value is -0.570. The Morgan fingerprint density at radius 2 is 1.62 bits per heavy atom. The van der Waals surface area contributed by atoms with E-state index in [1.54, 1.807) is 0 Å². The second kappa shape index (κ2) is 7.66. The highest BCUT2D eigenvalue weighted by Gasteiger charge is 2.23. The van der Waals surface area contributed by atoms with Crippen molar-refractivity contribution in [2.45, 2.75) is 71.9 Å². The summed E-state index contributed by atoms with van der Waals surface area (Å²) in [5.74, 6) is 0.106. The molecule has 0 aliphatic heterocycles. The molecular formula is C13H28N2O. The molecule has 16 heavy (non-hydrogen) atoms. The lowest BCUT2D eigenvalue weighted by molar-refractivity contribution is -0.121.